The third-order valence-corrected chi connectivity index (χ3v) is 5.12. The van der Waals surface area contributed by atoms with Crippen molar-refractivity contribution >= 4 is 16.1 Å². The van der Waals surface area contributed by atoms with Gasteiger partial charge in [-0.15, -0.1) is 0 Å². The van der Waals surface area contributed by atoms with E-state index >= 15 is 0 Å². The van der Waals surface area contributed by atoms with Crippen LogP contribution in [-0.4, -0.2) is 8.42 Å². The lowest BCUT2D eigenvalue weighted by Gasteiger charge is -2.19. The maximum atomic E-state index is 12.6. The first-order valence-electron chi connectivity index (χ1n) is 8.40. The van der Waals surface area contributed by atoms with Crippen LogP contribution in [0.15, 0.2) is 90.3 Å². The van der Waals surface area contributed by atoms with Crippen molar-refractivity contribution in [1.29, 1.82) is 0 Å². The Kier molecular flexibility index (Phi) is 5.66. The van der Waals surface area contributed by atoms with Crippen molar-refractivity contribution in [1.82, 2.24) is 4.72 Å². The first-order chi connectivity index (χ1) is 12.5. The number of rotatable bonds is 6. The van der Waals surface area contributed by atoms with Gasteiger partial charge in [-0.2, -0.15) is 4.72 Å². The Morgan fingerprint density at radius 1 is 0.769 bits per heavy atom. The molecule has 0 aliphatic heterocycles. The van der Waals surface area contributed by atoms with Crippen molar-refractivity contribution in [2.45, 2.75) is 13.0 Å². The summed E-state index contributed by atoms with van der Waals surface area (Å²) >= 11 is 0. The molecular weight excluding hydrogens is 342 g/mol. The van der Waals surface area contributed by atoms with Crippen molar-refractivity contribution in [2.75, 3.05) is 0 Å². The van der Waals surface area contributed by atoms with Crippen LogP contribution in [0, 0.1) is 6.92 Å². The third-order valence-electron chi connectivity index (χ3n) is 4.06. The van der Waals surface area contributed by atoms with Crippen LogP contribution in [-0.2, 0) is 10.0 Å². The zero-order chi connectivity index (χ0) is 18.4. The molecule has 4 heteroatoms. The van der Waals surface area contributed by atoms with Crippen molar-refractivity contribution in [3.05, 3.63) is 113 Å². The van der Waals surface area contributed by atoms with Gasteiger partial charge in [0.1, 0.15) is 0 Å². The molecule has 0 bridgehead atoms. The summed E-state index contributed by atoms with van der Waals surface area (Å²) in [4.78, 5) is 0. The summed E-state index contributed by atoms with van der Waals surface area (Å²) in [6.45, 7) is 2.01. The molecule has 3 aromatic carbocycles. The number of hydrogen-bond donors (Lipinski definition) is 1. The normalized spacial score (nSPS) is 13.0. The molecule has 0 spiro atoms. The highest BCUT2D eigenvalue weighted by molar-refractivity contribution is 7.92. The van der Waals surface area contributed by atoms with E-state index in [0.29, 0.717) is 0 Å². The Bertz CT molecular complexity index is 964. The minimum Gasteiger partial charge on any atom is -0.208 e. The standard InChI is InChI=1S/C22H21NO2S/c1-18-12-14-21(15-13-18)22(20-10-6-3-7-11-20)23-26(24,25)17-16-19-8-4-2-5-9-19/h2-17,22-23H,1H3/b17-16+/t22-/m1/s1. The summed E-state index contributed by atoms with van der Waals surface area (Å²) in [5, 5.41) is 1.21. The van der Waals surface area contributed by atoms with Gasteiger partial charge in [0.15, 0.2) is 0 Å². The van der Waals surface area contributed by atoms with Gasteiger partial charge >= 0.3 is 0 Å². The fourth-order valence-corrected chi connectivity index (χ4v) is 3.68. The van der Waals surface area contributed by atoms with E-state index in [-0.39, 0.29) is 0 Å². The molecule has 3 aromatic rings. The summed E-state index contributed by atoms with van der Waals surface area (Å²) in [7, 11) is -3.62. The number of aryl methyl sites for hydroxylation is 1. The minimum atomic E-state index is -3.62. The fraction of sp³-hybridized carbons (Fsp3) is 0.0909. The number of sulfonamides is 1. The van der Waals surface area contributed by atoms with Gasteiger partial charge < -0.3 is 0 Å². The van der Waals surface area contributed by atoms with Crippen molar-refractivity contribution < 1.29 is 8.42 Å². The van der Waals surface area contributed by atoms with Crippen LogP contribution in [0.2, 0.25) is 0 Å². The molecule has 0 radical (unpaired) electrons. The second-order valence-electron chi connectivity index (χ2n) is 6.13. The molecule has 26 heavy (non-hydrogen) atoms. The molecule has 1 atom stereocenters. The van der Waals surface area contributed by atoms with Gasteiger partial charge in [-0.3, -0.25) is 0 Å². The summed E-state index contributed by atoms with van der Waals surface area (Å²) in [6, 6.07) is 26.4. The summed E-state index contributed by atoms with van der Waals surface area (Å²) in [5.74, 6) is 0. The van der Waals surface area contributed by atoms with Crippen LogP contribution in [0.25, 0.3) is 6.08 Å². The van der Waals surface area contributed by atoms with Gasteiger partial charge in [0.05, 0.1) is 6.04 Å². The van der Waals surface area contributed by atoms with Gasteiger partial charge in [-0.05, 0) is 29.7 Å². The van der Waals surface area contributed by atoms with Gasteiger partial charge in [0, 0.05) is 5.41 Å². The van der Waals surface area contributed by atoms with E-state index < -0.39 is 16.1 Å². The topological polar surface area (TPSA) is 46.2 Å². The molecule has 0 fully saturated rings. The Hall–Kier alpha value is -2.69. The van der Waals surface area contributed by atoms with Crippen LogP contribution in [0.3, 0.4) is 0 Å². The maximum absolute atomic E-state index is 12.6. The summed E-state index contributed by atoms with van der Waals surface area (Å²) in [5.41, 5.74) is 3.77. The van der Waals surface area contributed by atoms with Gasteiger partial charge in [-0.1, -0.05) is 90.5 Å². The minimum absolute atomic E-state index is 0.442. The molecule has 0 saturated heterocycles. The molecule has 0 heterocycles. The van der Waals surface area contributed by atoms with E-state index in [0.717, 1.165) is 22.3 Å². The molecule has 0 unspecified atom stereocenters. The second-order valence-corrected chi connectivity index (χ2v) is 7.73. The highest BCUT2D eigenvalue weighted by atomic mass is 32.2. The summed E-state index contributed by atoms with van der Waals surface area (Å²) < 4.78 is 28.1. The van der Waals surface area contributed by atoms with Gasteiger partial charge in [0.2, 0.25) is 10.0 Å². The van der Waals surface area contributed by atoms with Crippen LogP contribution in [0.4, 0.5) is 0 Å². The highest BCUT2D eigenvalue weighted by Crippen LogP contribution is 2.23. The highest BCUT2D eigenvalue weighted by Gasteiger charge is 2.19. The molecule has 0 saturated carbocycles. The molecule has 3 rings (SSSR count). The lowest BCUT2D eigenvalue weighted by Crippen LogP contribution is -2.27. The Labute approximate surface area is 155 Å². The third kappa shape index (κ3) is 4.91. The first kappa shape index (κ1) is 18.1. The Morgan fingerprint density at radius 2 is 1.31 bits per heavy atom. The molecule has 0 aromatic heterocycles. The maximum Gasteiger partial charge on any atom is 0.234 e. The Balaban J connectivity index is 1.90. The van der Waals surface area contributed by atoms with Crippen molar-refractivity contribution in [2.24, 2.45) is 0 Å². The SMILES string of the molecule is Cc1ccc([C@H](NS(=O)(=O)/C=C/c2ccccc2)c2ccccc2)cc1. The molecule has 1 N–H and O–H groups in total. The van der Waals surface area contributed by atoms with Gasteiger partial charge in [-0.25, -0.2) is 8.42 Å². The van der Waals surface area contributed by atoms with E-state index in [1.54, 1.807) is 6.08 Å². The van der Waals surface area contributed by atoms with E-state index in [2.05, 4.69) is 4.72 Å². The lowest BCUT2D eigenvalue weighted by molar-refractivity contribution is 0.581. The number of hydrogen-bond acceptors (Lipinski definition) is 2. The van der Waals surface area contributed by atoms with Crippen molar-refractivity contribution in [3.63, 3.8) is 0 Å². The molecule has 132 valence electrons. The van der Waals surface area contributed by atoms with E-state index in [9.17, 15) is 8.42 Å². The van der Waals surface area contributed by atoms with Crippen LogP contribution in [0.5, 0.6) is 0 Å². The zero-order valence-corrected chi connectivity index (χ0v) is 15.4. The van der Waals surface area contributed by atoms with E-state index in [1.807, 2.05) is 91.9 Å². The Morgan fingerprint density at radius 3 is 1.92 bits per heavy atom. The van der Waals surface area contributed by atoms with E-state index in [4.69, 9.17) is 0 Å². The smallest absolute Gasteiger partial charge is 0.208 e. The van der Waals surface area contributed by atoms with Gasteiger partial charge in [0.25, 0.3) is 0 Å². The van der Waals surface area contributed by atoms with Crippen LogP contribution < -0.4 is 4.72 Å². The van der Waals surface area contributed by atoms with Crippen molar-refractivity contribution in [3.8, 4) is 0 Å². The quantitative estimate of drug-likeness (QED) is 0.691. The van der Waals surface area contributed by atoms with E-state index in [1.165, 1.54) is 5.41 Å². The predicted octanol–water partition coefficient (Wildman–Crippen LogP) is 4.67. The zero-order valence-electron chi connectivity index (χ0n) is 14.5. The molecule has 0 aliphatic carbocycles. The largest absolute Gasteiger partial charge is 0.234 e. The summed E-state index contributed by atoms with van der Waals surface area (Å²) in [6.07, 6.45) is 1.60. The van der Waals surface area contributed by atoms with Crippen LogP contribution in [0.1, 0.15) is 28.3 Å². The first-order valence-corrected chi connectivity index (χ1v) is 9.95. The monoisotopic (exact) mass is 363 g/mol. The molecule has 3 nitrogen and oxygen atoms in total. The predicted molar refractivity (Wildman–Crippen MR) is 107 cm³/mol. The fourth-order valence-electron chi connectivity index (χ4n) is 2.67. The number of nitrogens with one attached hydrogen (secondary N) is 1. The molecule has 0 aliphatic rings. The second kappa shape index (κ2) is 8.13. The average molecular weight is 363 g/mol. The number of benzene rings is 3. The molecule has 0 amide bonds. The average Bonchev–Trinajstić information content (AvgIpc) is 2.67. The molecular formula is C22H21NO2S. The van der Waals surface area contributed by atoms with Crippen LogP contribution >= 0.6 is 0 Å². The lowest BCUT2D eigenvalue weighted by atomic mass is 9.99.